The Labute approximate surface area is 164 Å². The van der Waals surface area contributed by atoms with Crippen LogP contribution in [0.3, 0.4) is 0 Å². The van der Waals surface area contributed by atoms with Gasteiger partial charge < -0.3 is 19.2 Å². The monoisotopic (exact) mass is 389 g/mol. The fourth-order valence-corrected chi connectivity index (χ4v) is 2.69. The van der Waals surface area contributed by atoms with Gasteiger partial charge in [-0.25, -0.2) is 14.4 Å². The van der Waals surface area contributed by atoms with E-state index in [-0.39, 0.29) is 5.75 Å². The molecule has 0 fully saturated rings. The number of hydrogen-bond acceptors (Lipinski definition) is 6. The van der Waals surface area contributed by atoms with Crippen LogP contribution in [-0.4, -0.2) is 23.7 Å². The molecule has 2 aromatic rings. The molecule has 0 bridgehead atoms. The summed E-state index contributed by atoms with van der Waals surface area (Å²) in [7, 11) is 0. The number of rotatable bonds is 4. The summed E-state index contributed by atoms with van der Waals surface area (Å²) in [6, 6.07) is 2.54. The van der Waals surface area contributed by atoms with E-state index >= 15 is 0 Å². The number of ether oxygens (including phenoxy) is 2. The molecule has 0 radical (unpaired) electrons. The molecule has 1 unspecified atom stereocenters. The summed E-state index contributed by atoms with van der Waals surface area (Å²) >= 11 is 0. The van der Waals surface area contributed by atoms with Crippen molar-refractivity contribution in [3.8, 4) is 5.75 Å². The standard InChI is InChI=1S/C21H27NO6/c1-8-15(22-20(25)28-21(5,6)7)19(24)26-16-10-9-14-11(2)12(3)18(23)27-17(14)13(16)4/h9-10,15H,8H2,1-7H3,(H,22,25). The molecule has 0 spiro atoms. The Hall–Kier alpha value is -2.83. The van der Waals surface area contributed by atoms with Gasteiger partial charge in [0.05, 0.1) is 0 Å². The van der Waals surface area contributed by atoms with E-state index in [1.165, 1.54) is 0 Å². The molecule has 1 aromatic heterocycles. The quantitative estimate of drug-likeness (QED) is 0.484. The number of fused-ring (bicyclic) bond motifs is 1. The molecule has 152 valence electrons. The minimum absolute atomic E-state index is 0.272. The molecule has 7 heteroatoms. The van der Waals surface area contributed by atoms with E-state index in [0.29, 0.717) is 23.1 Å². The van der Waals surface area contributed by atoms with Gasteiger partial charge in [-0.1, -0.05) is 6.92 Å². The Kier molecular flexibility index (Phi) is 6.17. The van der Waals surface area contributed by atoms with Crippen molar-refractivity contribution >= 4 is 23.0 Å². The maximum Gasteiger partial charge on any atom is 0.408 e. The minimum atomic E-state index is -0.864. The highest BCUT2D eigenvalue weighted by Gasteiger charge is 2.25. The average Bonchev–Trinajstić information content (AvgIpc) is 2.59. The Balaban J connectivity index is 2.26. The number of aryl methyl sites for hydroxylation is 2. The van der Waals surface area contributed by atoms with Gasteiger partial charge in [0, 0.05) is 16.5 Å². The first-order valence-corrected chi connectivity index (χ1v) is 9.19. The molecular formula is C21H27NO6. The van der Waals surface area contributed by atoms with Gasteiger partial charge in [0.25, 0.3) is 0 Å². The highest BCUT2D eigenvalue weighted by Crippen LogP contribution is 2.29. The lowest BCUT2D eigenvalue weighted by Crippen LogP contribution is -2.44. The smallest absolute Gasteiger partial charge is 0.408 e. The van der Waals surface area contributed by atoms with Crippen molar-refractivity contribution in [2.75, 3.05) is 0 Å². The molecule has 0 aliphatic heterocycles. The normalized spacial score (nSPS) is 12.5. The highest BCUT2D eigenvalue weighted by molar-refractivity contribution is 5.88. The average molecular weight is 389 g/mol. The van der Waals surface area contributed by atoms with Gasteiger partial charge in [-0.2, -0.15) is 0 Å². The third-order valence-electron chi connectivity index (χ3n) is 4.42. The van der Waals surface area contributed by atoms with Crippen LogP contribution in [0.15, 0.2) is 21.3 Å². The Bertz CT molecular complexity index is 967. The third kappa shape index (κ3) is 4.71. The molecule has 1 atom stereocenters. The minimum Gasteiger partial charge on any atom is -0.444 e. The summed E-state index contributed by atoms with van der Waals surface area (Å²) in [6.45, 7) is 12.2. The Morgan fingerprint density at radius 3 is 2.32 bits per heavy atom. The number of esters is 1. The number of benzene rings is 1. The van der Waals surface area contributed by atoms with E-state index in [4.69, 9.17) is 13.9 Å². The molecule has 0 saturated heterocycles. The zero-order valence-corrected chi connectivity index (χ0v) is 17.4. The van der Waals surface area contributed by atoms with Crippen molar-refractivity contribution in [2.24, 2.45) is 0 Å². The fourth-order valence-electron chi connectivity index (χ4n) is 2.69. The number of alkyl carbamates (subject to hydrolysis) is 1. The molecule has 0 aliphatic carbocycles. The molecule has 1 heterocycles. The lowest BCUT2D eigenvalue weighted by atomic mass is 10.0. The summed E-state index contributed by atoms with van der Waals surface area (Å²) < 4.78 is 16.1. The molecule has 1 aromatic carbocycles. The van der Waals surface area contributed by atoms with Gasteiger partial charge in [0.1, 0.15) is 23.0 Å². The first-order chi connectivity index (χ1) is 12.9. The van der Waals surface area contributed by atoms with Gasteiger partial charge in [-0.15, -0.1) is 0 Å². The first-order valence-electron chi connectivity index (χ1n) is 9.19. The number of hydrogen-bond donors (Lipinski definition) is 1. The van der Waals surface area contributed by atoms with E-state index in [0.717, 1.165) is 10.9 Å². The van der Waals surface area contributed by atoms with Gasteiger partial charge in [-0.05, 0) is 65.7 Å². The second-order valence-corrected chi connectivity index (χ2v) is 7.73. The summed E-state index contributed by atoms with van der Waals surface area (Å²) in [6.07, 6.45) is -0.360. The van der Waals surface area contributed by atoms with E-state index in [1.807, 2.05) is 6.92 Å². The van der Waals surface area contributed by atoms with E-state index in [2.05, 4.69) is 5.32 Å². The SMILES string of the molecule is CCC(NC(=O)OC(C)(C)C)C(=O)Oc1ccc2c(C)c(C)c(=O)oc2c1C. The van der Waals surface area contributed by atoms with Crippen LogP contribution in [-0.2, 0) is 9.53 Å². The topological polar surface area (TPSA) is 94.8 Å². The predicted molar refractivity (Wildman–Crippen MR) is 106 cm³/mol. The van der Waals surface area contributed by atoms with E-state index < -0.39 is 29.3 Å². The van der Waals surface area contributed by atoms with Gasteiger partial charge in [-0.3, -0.25) is 0 Å². The summed E-state index contributed by atoms with van der Waals surface area (Å²) in [5.41, 5.74) is 1.20. The lowest BCUT2D eigenvalue weighted by molar-refractivity contribution is -0.136. The molecule has 28 heavy (non-hydrogen) atoms. The van der Waals surface area contributed by atoms with Crippen molar-refractivity contribution in [3.05, 3.63) is 39.2 Å². The number of nitrogens with one attached hydrogen (secondary N) is 1. The maximum atomic E-state index is 12.5. The summed E-state index contributed by atoms with van der Waals surface area (Å²) in [5.74, 6) is -0.352. The molecule has 1 N–H and O–H groups in total. The van der Waals surface area contributed by atoms with Crippen LogP contribution < -0.4 is 15.7 Å². The van der Waals surface area contributed by atoms with Crippen LogP contribution in [0.4, 0.5) is 4.79 Å². The molecular weight excluding hydrogens is 362 g/mol. The van der Waals surface area contributed by atoms with Crippen molar-refractivity contribution < 1.29 is 23.5 Å². The molecule has 1 amide bonds. The van der Waals surface area contributed by atoms with Crippen molar-refractivity contribution in [2.45, 2.75) is 66.5 Å². The van der Waals surface area contributed by atoms with Crippen LogP contribution in [0.25, 0.3) is 11.0 Å². The van der Waals surface area contributed by atoms with Gasteiger partial charge in [0.15, 0.2) is 0 Å². The molecule has 7 nitrogen and oxygen atoms in total. The zero-order valence-electron chi connectivity index (χ0n) is 17.4. The zero-order chi connectivity index (χ0) is 21.2. The van der Waals surface area contributed by atoms with Crippen molar-refractivity contribution in [1.29, 1.82) is 0 Å². The number of carbonyl (C=O) groups is 2. The second-order valence-electron chi connectivity index (χ2n) is 7.73. The van der Waals surface area contributed by atoms with Gasteiger partial charge in [0.2, 0.25) is 0 Å². The summed E-state index contributed by atoms with van der Waals surface area (Å²) in [5, 5.41) is 3.30. The van der Waals surface area contributed by atoms with E-state index in [1.54, 1.807) is 53.7 Å². The Morgan fingerprint density at radius 2 is 1.75 bits per heavy atom. The largest absolute Gasteiger partial charge is 0.444 e. The van der Waals surface area contributed by atoms with Crippen LogP contribution in [0.2, 0.25) is 0 Å². The second kappa shape index (κ2) is 8.04. The molecule has 0 aliphatic rings. The maximum absolute atomic E-state index is 12.5. The fraction of sp³-hybridized carbons (Fsp3) is 0.476. The van der Waals surface area contributed by atoms with Crippen LogP contribution in [0.1, 0.15) is 50.8 Å². The number of amides is 1. The van der Waals surface area contributed by atoms with Crippen LogP contribution >= 0.6 is 0 Å². The molecule has 2 rings (SSSR count). The van der Waals surface area contributed by atoms with E-state index in [9.17, 15) is 14.4 Å². The summed E-state index contributed by atoms with van der Waals surface area (Å²) in [4.78, 5) is 36.5. The first kappa shape index (κ1) is 21.5. The number of carbonyl (C=O) groups excluding carboxylic acids is 2. The van der Waals surface area contributed by atoms with Crippen molar-refractivity contribution in [3.63, 3.8) is 0 Å². The van der Waals surface area contributed by atoms with Crippen LogP contribution in [0.5, 0.6) is 5.75 Å². The van der Waals surface area contributed by atoms with Crippen molar-refractivity contribution in [1.82, 2.24) is 5.32 Å². The van der Waals surface area contributed by atoms with Gasteiger partial charge >= 0.3 is 17.7 Å². The van der Waals surface area contributed by atoms with Crippen LogP contribution in [0, 0.1) is 20.8 Å². The predicted octanol–water partition coefficient (Wildman–Crippen LogP) is 3.93. The lowest BCUT2D eigenvalue weighted by Gasteiger charge is -2.22. The molecule has 0 saturated carbocycles. The third-order valence-corrected chi connectivity index (χ3v) is 4.42. The highest BCUT2D eigenvalue weighted by atomic mass is 16.6. The Morgan fingerprint density at radius 1 is 1.11 bits per heavy atom.